The van der Waals surface area contributed by atoms with Gasteiger partial charge in [-0.05, 0) is 25.0 Å². The predicted octanol–water partition coefficient (Wildman–Crippen LogP) is 0.115. The van der Waals surface area contributed by atoms with E-state index in [0.29, 0.717) is 5.03 Å². The number of rotatable bonds is 1. The maximum Gasteiger partial charge on any atom is 0.185 e. The molecule has 1 heterocycles. The van der Waals surface area contributed by atoms with E-state index in [1.54, 1.807) is 0 Å². The molecule has 0 aromatic carbocycles. The minimum atomic E-state index is -0.00920. The van der Waals surface area contributed by atoms with Gasteiger partial charge >= 0.3 is 0 Å². The van der Waals surface area contributed by atoms with Crippen molar-refractivity contribution >= 4 is 19.6 Å². The minimum Gasteiger partial charge on any atom is -0.391 e. The summed E-state index contributed by atoms with van der Waals surface area (Å²) in [6.45, 7) is 2.04. The first-order valence-corrected chi connectivity index (χ1v) is 4.27. The Morgan fingerprint density at radius 3 is 3.00 bits per heavy atom. The summed E-state index contributed by atoms with van der Waals surface area (Å²) in [5.41, 5.74) is 1.20. The largest absolute Gasteiger partial charge is 0.391 e. The van der Waals surface area contributed by atoms with Gasteiger partial charge in [-0.3, -0.25) is 0 Å². The molecule has 0 aliphatic carbocycles. The molecule has 0 spiro atoms. The molecule has 2 nitrogen and oxygen atoms in total. The molecule has 1 rings (SSSR count). The standard InChI is InChI=1S/C7H13BClNO/c8-10-3-1-2-6(4-10)7(9)5-11/h11H,1-5,8H2/b7-6-. The van der Waals surface area contributed by atoms with E-state index in [4.69, 9.17) is 16.7 Å². The van der Waals surface area contributed by atoms with Crippen LogP contribution in [-0.2, 0) is 0 Å². The molecule has 0 aromatic rings. The van der Waals surface area contributed by atoms with Crippen molar-refractivity contribution in [1.29, 1.82) is 0 Å². The summed E-state index contributed by atoms with van der Waals surface area (Å²) in [6.07, 6.45) is 2.20. The second kappa shape index (κ2) is 4.14. The molecule has 1 aliphatic heterocycles. The topological polar surface area (TPSA) is 23.5 Å². The molecule has 11 heavy (non-hydrogen) atoms. The van der Waals surface area contributed by atoms with Gasteiger partial charge in [-0.25, -0.2) is 0 Å². The van der Waals surface area contributed by atoms with Crippen molar-refractivity contribution in [3.8, 4) is 0 Å². The molecule has 0 radical (unpaired) electrons. The molecular formula is C7H13BClNO. The first-order chi connectivity index (χ1) is 5.24. The minimum absolute atomic E-state index is 0.00920. The average Bonchev–Trinajstić information content (AvgIpc) is 2.03. The molecule has 1 saturated heterocycles. The number of nitrogens with zero attached hydrogens (tertiary/aromatic N) is 1. The second-order valence-corrected chi connectivity index (χ2v) is 3.46. The highest BCUT2D eigenvalue weighted by Gasteiger charge is 2.12. The maximum atomic E-state index is 8.76. The molecule has 1 fully saturated rings. The lowest BCUT2D eigenvalue weighted by atomic mass is 10.0. The molecule has 0 bridgehead atoms. The van der Waals surface area contributed by atoms with Crippen LogP contribution in [-0.4, -0.2) is 37.6 Å². The van der Waals surface area contributed by atoms with Crippen LogP contribution in [0.3, 0.4) is 0 Å². The molecular weight excluding hydrogens is 160 g/mol. The van der Waals surface area contributed by atoms with Gasteiger partial charge in [0.25, 0.3) is 0 Å². The van der Waals surface area contributed by atoms with E-state index < -0.39 is 0 Å². The molecule has 0 saturated carbocycles. The van der Waals surface area contributed by atoms with Gasteiger partial charge in [0.2, 0.25) is 0 Å². The molecule has 0 unspecified atom stereocenters. The third kappa shape index (κ3) is 2.51. The number of aliphatic hydroxyl groups is 1. The maximum absolute atomic E-state index is 8.76. The highest BCUT2D eigenvalue weighted by molar-refractivity contribution is 6.30. The van der Waals surface area contributed by atoms with Crippen molar-refractivity contribution < 1.29 is 5.11 Å². The lowest BCUT2D eigenvalue weighted by molar-refractivity contribution is 0.333. The Labute approximate surface area is 73.3 Å². The van der Waals surface area contributed by atoms with Crippen molar-refractivity contribution in [2.45, 2.75) is 12.8 Å². The fourth-order valence-electron chi connectivity index (χ4n) is 1.38. The molecule has 1 N–H and O–H groups in total. The van der Waals surface area contributed by atoms with E-state index >= 15 is 0 Å². The zero-order valence-electron chi connectivity index (χ0n) is 6.81. The first kappa shape index (κ1) is 9.11. The van der Waals surface area contributed by atoms with Crippen LogP contribution >= 0.6 is 11.6 Å². The van der Waals surface area contributed by atoms with Crippen LogP contribution in [0.2, 0.25) is 0 Å². The SMILES string of the molecule is BN1CCC/C(=C(/Cl)CO)C1. The fourth-order valence-corrected chi connectivity index (χ4v) is 1.53. The predicted molar refractivity (Wildman–Crippen MR) is 49.3 cm³/mol. The Bertz CT molecular complexity index is 172. The van der Waals surface area contributed by atoms with Gasteiger partial charge in [0.05, 0.1) is 6.61 Å². The first-order valence-electron chi connectivity index (χ1n) is 3.90. The summed E-state index contributed by atoms with van der Waals surface area (Å²) in [5, 5.41) is 9.40. The Balaban J connectivity index is 2.58. The van der Waals surface area contributed by atoms with Crippen LogP contribution in [0, 0.1) is 0 Å². The lowest BCUT2D eigenvalue weighted by Crippen LogP contribution is -2.29. The van der Waals surface area contributed by atoms with Crippen LogP contribution in [0.15, 0.2) is 10.6 Å². The van der Waals surface area contributed by atoms with Gasteiger partial charge in [-0.15, -0.1) is 0 Å². The highest BCUT2D eigenvalue weighted by Crippen LogP contribution is 2.19. The van der Waals surface area contributed by atoms with Crippen molar-refractivity contribution in [1.82, 2.24) is 4.81 Å². The average molecular weight is 173 g/mol. The summed E-state index contributed by atoms with van der Waals surface area (Å²) < 4.78 is 0. The highest BCUT2D eigenvalue weighted by atomic mass is 35.5. The van der Waals surface area contributed by atoms with Gasteiger partial charge in [0.1, 0.15) is 0 Å². The van der Waals surface area contributed by atoms with Gasteiger partial charge in [0.15, 0.2) is 7.98 Å². The molecule has 0 aromatic heterocycles. The Kier molecular flexibility index (Phi) is 3.43. The number of aliphatic hydroxyl groups excluding tert-OH is 1. The smallest absolute Gasteiger partial charge is 0.185 e. The van der Waals surface area contributed by atoms with Crippen LogP contribution in [0.4, 0.5) is 0 Å². The summed E-state index contributed by atoms with van der Waals surface area (Å²) in [5.74, 6) is 0. The molecule has 0 amide bonds. The zero-order chi connectivity index (χ0) is 8.27. The molecule has 62 valence electrons. The van der Waals surface area contributed by atoms with E-state index in [9.17, 15) is 0 Å². The van der Waals surface area contributed by atoms with Gasteiger partial charge in [-0.1, -0.05) is 11.6 Å². The van der Waals surface area contributed by atoms with Gasteiger partial charge < -0.3 is 9.92 Å². The van der Waals surface area contributed by atoms with Crippen molar-refractivity contribution in [2.75, 3.05) is 19.7 Å². The molecule has 0 atom stereocenters. The van der Waals surface area contributed by atoms with Crippen molar-refractivity contribution in [3.05, 3.63) is 10.6 Å². The number of piperidine rings is 1. The fraction of sp³-hybridized carbons (Fsp3) is 0.714. The van der Waals surface area contributed by atoms with E-state index in [1.165, 1.54) is 5.57 Å². The van der Waals surface area contributed by atoms with E-state index in [0.717, 1.165) is 25.9 Å². The van der Waals surface area contributed by atoms with E-state index in [1.807, 2.05) is 0 Å². The van der Waals surface area contributed by atoms with Gasteiger partial charge in [-0.2, -0.15) is 0 Å². The number of halogens is 1. The normalized spacial score (nSPS) is 25.3. The monoisotopic (exact) mass is 173 g/mol. The van der Waals surface area contributed by atoms with E-state index in [2.05, 4.69) is 12.8 Å². The van der Waals surface area contributed by atoms with Crippen molar-refractivity contribution in [3.63, 3.8) is 0 Å². The van der Waals surface area contributed by atoms with Crippen LogP contribution in [0.5, 0.6) is 0 Å². The quantitative estimate of drug-likeness (QED) is 0.569. The summed E-state index contributed by atoms with van der Waals surface area (Å²) in [6, 6.07) is 0. The third-order valence-corrected chi connectivity index (χ3v) is 2.39. The van der Waals surface area contributed by atoms with E-state index in [-0.39, 0.29) is 6.61 Å². The van der Waals surface area contributed by atoms with Crippen molar-refractivity contribution in [2.24, 2.45) is 0 Å². The van der Waals surface area contributed by atoms with Gasteiger partial charge in [0, 0.05) is 11.6 Å². The number of hydrogen-bond donors (Lipinski definition) is 1. The Morgan fingerprint density at radius 1 is 1.73 bits per heavy atom. The van der Waals surface area contributed by atoms with Crippen LogP contribution in [0.1, 0.15) is 12.8 Å². The molecule has 4 heteroatoms. The molecule has 1 aliphatic rings. The number of hydrogen-bond acceptors (Lipinski definition) is 2. The Morgan fingerprint density at radius 2 is 2.45 bits per heavy atom. The second-order valence-electron chi connectivity index (χ2n) is 3.01. The summed E-state index contributed by atoms with van der Waals surface area (Å²) >= 11 is 5.81. The Hall–Kier alpha value is 0.0149. The van der Waals surface area contributed by atoms with Crippen LogP contribution in [0.25, 0.3) is 0 Å². The third-order valence-electron chi connectivity index (χ3n) is 2.00. The summed E-state index contributed by atoms with van der Waals surface area (Å²) in [7, 11) is 2.07. The van der Waals surface area contributed by atoms with Crippen LogP contribution < -0.4 is 0 Å². The summed E-state index contributed by atoms with van der Waals surface area (Å²) in [4.78, 5) is 2.22. The lowest BCUT2D eigenvalue weighted by Gasteiger charge is -2.25. The zero-order valence-corrected chi connectivity index (χ0v) is 7.56.